The molecule has 0 amide bonds. The van der Waals surface area contributed by atoms with E-state index in [1.165, 1.54) is 0 Å². The van der Waals surface area contributed by atoms with E-state index in [0.29, 0.717) is 0 Å². The Balaban J connectivity index is 3.85. The Bertz CT molecular complexity index is 131. The molecule has 1 nitrogen and oxygen atoms in total. The third kappa shape index (κ3) is 3.71. The first-order valence-electron chi connectivity index (χ1n) is 2.54. The molecule has 0 heterocycles. The van der Waals surface area contributed by atoms with Crippen LogP contribution in [-0.2, 0) is 4.79 Å². The van der Waals surface area contributed by atoms with Gasteiger partial charge in [-0.05, 0) is 6.92 Å². The van der Waals surface area contributed by atoms with Gasteiger partial charge in [0.2, 0.25) is 0 Å². The highest BCUT2D eigenvalue weighted by molar-refractivity contribution is 6.22. The van der Waals surface area contributed by atoms with E-state index in [2.05, 4.69) is 0 Å². The smallest absolute Gasteiger partial charge is 0.300 e. The Kier molecular flexibility index (Phi) is 3.15. The van der Waals surface area contributed by atoms with Gasteiger partial charge in [-0.3, -0.25) is 4.79 Å². The third-order valence-corrected chi connectivity index (χ3v) is 1.22. The summed E-state index contributed by atoms with van der Waals surface area (Å²) in [6, 6.07) is 0. The van der Waals surface area contributed by atoms with E-state index >= 15 is 0 Å². The monoisotopic (exact) mass is 174 g/mol. The van der Waals surface area contributed by atoms with Gasteiger partial charge in [0.25, 0.3) is 0 Å². The summed E-state index contributed by atoms with van der Waals surface area (Å²) in [5.74, 6) is -0.558. The van der Waals surface area contributed by atoms with Crippen LogP contribution in [0, 0.1) is 0 Å². The van der Waals surface area contributed by atoms with Crippen LogP contribution in [0.1, 0.15) is 13.3 Å². The molecule has 10 heavy (non-hydrogen) atoms. The summed E-state index contributed by atoms with van der Waals surface area (Å²) in [5.41, 5.74) is 0. The fourth-order valence-corrected chi connectivity index (χ4v) is 0.585. The molecule has 0 saturated heterocycles. The number of rotatable bonds is 2. The first-order valence-corrected chi connectivity index (χ1v) is 2.98. The number of carbonyl (C=O) groups is 1. The van der Waals surface area contributed by atoms with Crippen LogP contribution in [0.3, 0.4) is 0 Å². The lowest BCUT2D eigenvalue weighted by molar-refractivity contribution is -0.139. The van der Waals surface area contributed by atoms with Gasteiger partial charge in [-0.2, -0.15) is 13.2 Å². The van der Waals surface area contributed by atoms with Crippen LogP contribution >= 0.6 is 11.6 Å². The summed E-state index contributed by atoms with van der Waals surface area (Å²) < 4.78 is 34.6. The first-order chi connectivity index (χ1) is 4.34. The molecule has 0 aliphatic heterocycles. The molecule has 0 bridgehead atoms. The number of carbonyl (C=O) groups excluding carboxylic acids is 1. The fraction of sp³-hybridized carbons (Fsp3) is 0.800. The molecule has 0 aromatic carbocycles. The average Bonchev–Trinajstić information content (AvgIpc) is 1.60. The molecule has 1 atom stereocenters. The fourth-order valence-electron chi connectivity index (χ4n) is 0.368. The zero-order valence-electron chi connectivity index (χ0n) is 5.20. The minimum Gasteiger partial charge on any atom is -0.300 e. The SMILES string of the molecule is CC(=O)CC(Cl)C(F)(F)F. The van der Waals surface area contributed by atoms with Crippen molar-refractivity contribution < 1.29 is 18.0 Å². The summed E-state index contributed by atoms with van der Waals surface area (Å²) in [6.45, 7) is 1.07. The quantitative estimate of drug-likeness (QED) is 0.586. The van der Waals surface area contributed by atoms with E-state index in [0.717, 1.165) is 6.92 Å². The van der Waals surface area contributed by atoms with Gasteiger partial charge < -0.3 is 0 Å². The second kappa shape index (κ2) is 3.23. The third-order valence-electron chi connectivity index (χ3n) is 0.822. The molecular formula is C5H6ClF3O. The number of ketones is 1. The Morgan fingerprint density at radius 2 is 2.00 bits per heavy atom. The predicted molar refractivity (Wildman–Crippen MR) is 31.0 cm³/mol. The van der Waals surface area contributed by atoms with Gasteiger partial charge >= 0.3 is 6.18 Å². The van der Waals surface area contributed by atoms with Crippen LogP contribution in [0.25, 0.3) is 0 Å². The van der Waals surface area contributed by atoms with Gasteiger partial charge in [0, 0.05) is 6.42 Å². The van der Waals surface area contributed by atoms with Gasteiger partial charge in [-0.15, -0.1) is 11.6 Å². The summed E-state index contributed by atoms with van der Waals surface area (Å²) in [5, 5.41) is -2.04. The van der Waals surface area contributed by atoms with E-state index < -0.39 is 23.8 Å². The molecule has 0 aromatic rings. The lowest BCUT2D eigenvalue weighted by atomic mass is 10.2. The van der Waals surface area contributed by atoms with Crippen molar-refractivity contribution in [3.63, 3.8) is 0 Å². The van der Waals surface area contributed by atoms with Crippen molar-refractivity contribution in [1.29, 1.82) is 0 Å². The Morgan fingerprint density at radius 3 is 2.10 bits per heavy atom. The van der Waals surface area contributed by atoms with Crippen molar-refractivity contribution in [2.45, 2.75) is 24.9 Å². The van der Waals surface area contributed by atoms with E-state index in [1.807, 2.05) is 0 Å². The minimum absolute atomic E-state index is 0.558. The van der Waals surface area contributed by atoms with Crippen LogP contribution in [0.2, 0.25) is 0 Å². The lowest BCUT2D eigenvalue weighted by Crippen LogP contribution is -2.25. The van der Waals surface area contributed by atoms with Gasteiger partial charge in [-0.25, -0.2) is 0 Å². The second-order valence-electron chi connectivity index (χ2n) is 1.92. The van der Waals surface area contributed by atoms with Gasteiger partial charge in [-0.1, -0.05) is 0 Å². The number of alkyl halides is 4. The van der Waals surface area contributed by atoms with E-state index in [1.54, 1.807) is 0 Å². The first kappa shape index (κ1) is 9.75. The normalized spacial score (nSPS) is 14.9. The summed E-state index contributed by atoms with van der Waals surface area (Å²) in [6.07, 6.45) is -5.11. The standard InChI is InChI=1S/C5H6ClF3O/c1-3(10)2-4(6)5(7,8)9/h4H,2H2,1H3. The number of Topliss-reactive ketones (excluding diaryl/α,β-unsaturated/α-hetero) is 1. The number of hydrogen-bond acceptors (Lipinski definition) is 1. The van der Waals surface area contributed by atoms with Crippen LogP contribution in [0.4, 0.5) is 13.2 Å². The van der Waals surface area contributed by atoms with Crippen molar-refractivity contribution in [2.24, 2.45) is 0 Å². The molecule has 0 saturated carbocycles. The molecule has 5 heteroatoms. The molecule has 0 fully saturated rings. The molecule has 0 aliphatic carbocycles. The van der Waals surface area contributed by atoms with Gasteiger partial charge in [0.05, 0.1) is 0 Å². The largest absolute Gasteiger partial charge is 0.405 e. The van der Waals surface area contributed by atoms with Crippen LogP contribution in [0.15, 0.2) is 0 Å². The maximum atomic E-state index is 11.5. The molecule has 0 N–H and O–H groups in total. The van der Waals surface area contributed by atoms with Gasteiger partial charge in [0.1, 0.15) is 11.2 Å². The predicted octanol–water partition coefficient (Wildman–Crippen LogP) is 2.14. The molecule has 0 aromatic heterocycles. The Morgan fingerprint density at radius 1 is 1.60 bits per heavy atom. The summed E-state index contributed by atoms with van der Waals surface area (Å²) in [4.78, 5) is 10.1. The second-order valence-corrected chi connectivity index (χ2v) is 2.44. The highest BCUT2D eigenvalue weighted by Gasteiger charge is 2.38. The van der Waals surface area contributed by atoms with Crippen LogP contribution < -0.4 is 0 Å². The molecule has 0 aliphatic rings. The average molecular weight is 175 g/mol. The highest BCUT2D eigenvalue weighted by atomic mass is 35.5. The van der Waals surface area contributed by atoms with Crippen LogP contribution in [0.5, 0.6) is 0 Å². The van der Waals surface area contributed by atoms with Crippen LogP contribution in [-0.4, -0.2) is 17.3 Å². The maximum absolute atomic E-state index is 11.5. The zero-order valence-corrected chi connectivity index (χ0v) is 5.96. The molecule has 1 unspecified atom stereocenters. The maximum Gasteiger partial charge on any atom is 0.405 e. The number of hydrogen-bond donors (Lipinski definition) is 0. The summed E-state index contributed by atoms with van der Waals surface area (Å²) in [7, 11) is 0. The highest BCUT2D eigenvalue weighted by Crippen LogP contribution is 2.27. The minimum atomic E-state index is -4.47. The van der Waals surface area contributed by atoms with Crippen molar-refractivity contribution in [1.82, 2.24) is 0 Å². The molecular weight excluding hydrogens is 169 g/mol. The van der Waals surface area contributed by atoms with E-state index in [-0.39, 0.29) is 0 Å². The van der Waals surface area contributed by atoms with Crippen molar-refractivity contribution in [2.75, 3.05) is 0 Å². The lowest BCUT2D eigenvalue weighted by Gasteiger charge is -2.10. The van der Waals surface area contributed by atoms with E-state index in [9.17, 15) is 18.0 Å². The Hall–Kier alpha value is -0.250. The van der Waals surface area contributed by atoms with Crippen molar-refractivity contribution >= 4 is 17.4 Å². The molecule has 0 radical (unpaired) electrons. The number of halogens is 4. The Labute approximate surface area is 61.2 Å². The van der Waals surface area contributed by atoms with Crippen molar-refractivity contribution in [3.05, 3.63) is 0 Å². The zero-order chi connectivity index (χ0) is 8.36. The molecule has 0 rings (SSSR count). The van der Waals surface area contributed by atoms with Crippen molar-refractivity contribution in [3.8, 4) is 0 Å². The summed E-state index contributed by atoms with van der Waals surface area (Å²) >= 11 is 4.81. The van der Waals surface area contributed by atoms with E-state index in [4.69, 9.17) is 11.6 Å². The van der Waals surface area contributed by atoms with Gasteiger partial charge in [0.15, 0.2) is 0 Å². The topological polar surface area (TPSA) is 17.1 Å². The molecule has 0 spiro atoms. The molecule has 60 valence electrons.